The van der Waals surface area contributed by atoms with Gasteiger partial charge in [0.1, 0.15) is 12.6 Å². The predicted molar refractivity (Wildman–Crippen MR) is 63.7 cm³/mol. The Kier molecular flexibility index (Phi) is 5.61. The molecule has 1 heterocycles. The monoisotopic (exact) mass is 289 g/mol. The summed E-state index contributed by atoms with van der Waals surface area (Å²) in [7, 11) is 0. The summed E-state index contributed by atoms with van der Waals surface area (Å²) < 4.78 is 3.92. The van der Waals surface area contributed by atoms with Crippen LogP contribution in [0.3, 0.4) is 0 Å². The fraction of sp³-hybridized carbons (Fsp3) is 0.889. The fourth-order valence-electron chi connectivity index (χ4n) is 1.61. The van der Waals surface area contributed by atoms with E-state index in [0.29, 0.717) is 6.54 Å². The highest BCUT2D eigenvalue weighted by Crippen LogP contribution is 2.27. The molecule has 1 aliphatic rings. The first-order chi connectivity index (χ1) is 7.39. The normalized spacial score (nSPS) is 23.1. The lowest BCUT2D eigenvalue weighted by Gasteiger charge is -2.23. The van der Waals surface area contributed by atoms with E-state index >= 15 is 0 Å². The third-order valence-corrected chi connectivity index (χ3v) is 3.08. The van der Waals surface area contributed by atoms with Gasteiger partial charge in [0.15, 0.2) is 0 Å². The second kappa shape index (κ2) is 6.26. The highest BCUT2D eigenvalue weighted by molar-refractivity contribution is 6.68. The van der Waals surface area contributed by atoms with Crippen LogP contribution in [0.15, 0.2) is 0 Å². The van der Waals surface area contributed by atoms with E-state index in [4.69, 9.17) is 39.5 Å². The van der Waals surface area contributed by atoms with E-state index in [1.807, 2.05) is 0 Å². The van der Waals surface area contributed by atoms with Crippen molar-refractivity contribution in [3.63, 3.8) is 0 Å². The molecule has 0 aliphatic carbocycles. The number of nitrogens with two attached hydrogens (primary N) is 1. The average molecular weight is 291 g/mol. The number of alkyl halides is 3. The molecule has 0 aromatic rings. The zero-order chi connectivity index (χ0) is 12.2. The molecule has 7 heteroatoms. The Morgan fingerprint density at radius 2 is 2.31 bits per heavy atom. The van der Waals surface area contributed by atoms with E-state index in [1.165, 1.54) is 6.92 Å². The molecule has 3 N–H and O–H groups in total. The van der Waals surface area contributed by atoms with Crippen molar-refractivity contribution in [1.29, 1.82) is 0 Å². The maximum atomic E-state index is 11.0. The van der Waals surface area contributed by atoms with Crippen LogP contribution in [0.1, 0.15) is 19.8 Å². The minimum Gasteiger partial charge on any atom is -0.372 e. The standard InChI is InChI=1S/C9H15Cl3N2O2/c1-6(15)14-8(9(10,11)12)13-5-7-3-2-4-16-7/h7-8,13H,2-5H2,1H3,(H,14,15)/p+1/t7-,8-/m0/s1. The SMILES string of the molecule is CC(=O)N[C@H]([NH2+]C[C@@H]1CCCO1)C(Cl)(Cl)Cl. The fourth-order valence-corrected chi connectivity index (χ4v) is 2.04. The van der Waals surface area contributed by atoms with Gasteiger partial charge in [-0.05, 0) is 12.8 Å². The van der Waals surface area contributed by atoms with Crippen molar-refractivity contribution in [2.45, 2.75) is 35.8 Å². The lowest BCUT2D eigenvalue weighted by molar-refractivity contribution is -0.697. The first kappa shape index (κ1) is 14.3. The Hall–Kier alpha value is 0.260. The summed E-state index contributed by atoms with van der Waals surface area (Å²) in [5.41, 5.74) is 0. The second-order valence-corrected chi connectivity index (χ2v) is 6.20. The predicted octanol–water partition coefficient (Wildman–Crippen LogP) is 0.561. The average Bonchev–Trinajstić information content (AvgIpc) is 2.62. The van der Waals surface area contributed by atoms with Crippen molar-refractivity contribution >= 4 is 40.7 Å². The van der Waals surface area contributed by atoms with Crippen LogP contribution < -0.4 is 10.6 Å². The summed E-state index contributed by atoms with van der Waals surface area (Å²) in [6.45, 7) is 2.86. The molecule has 4 nitrogen and oxygen atoms in total. The first-order valence-electron chi connectivity index (χ1n) is 5.18. The van der Waals surface area contributed by atoms with Gasteiger partial charge in [0, 0.05) is 13.5 Å². The number of rotatable bonds is 4. The summed E-state index contributed by atoms with van der Waals surface area (Å²) >= 11 is 17.3. The number of halogens is 3. The molecule has 1 aliphatic heterocycles. The van der Waals surface area contributed by atoms with Crippen molar-refractivity contribution in [3.8, 4) is 0 Å². The lowest BCUT2D eigenvalue weighted by Crippen LogP contribution is -2.97. The molecule has 0 aromatic heterocycles. The molecule has 0 spiro atoms. The van der Waals surface area contributed by atoms with Crippen LogP contribution in [0.2, 0.25) is 0 Å². The van der Waals surface area contributed by atoms with Crippen LogP contribution in [-0.2, 0) is 9.53 Å². The molecular formula is C9H16Cl3N2O2+. The molecule has 16 heavy (non-hydrogen) atoms. The molecular weight excluding hydrogens is 274 g/mol. The Morgan fingerprint density at radius 1 is 1.62 bits per heavy atom. The van der Waals surface area contributed by atoms with Gasteiger partial charge in [-0.25, -0.2) is 0 Å². The van der Waals surface area contributed by atoms with E-state index in [0.717, 1.165) is 19.4 Å². The van der Waals surface area contributed by atoms with Crippen molar-refractivity contribution in [1.82, 2.24) is 5.32 Å². The summed E-state index contributed by atoms with van der Waals surface area (Å²) in [6, 6.07) is 0. The number of hydrogen-bond acceptors (Lipinski definition) is 2. The highest BCUT2D eigenvalue weighted by atomic mass is 35.6. The van der Waals surface area contributed by atoms with Gasteiger partial charge in [0.05, 0.1) is 0 Å². The topological polar surface area (TPSA) is 54.9 Å². The second-order valence-electron chi connectivity index (χ2n) is 3.83. The molecule has 1 fully saturated rings. The third-order valence-electron chi connectivity index (χ3n) is 2.37. The molecule has 0 bridgehead atoms. The Morgan fingerprint density at radius 3 is 2.75 bits per heavy atom. The number of amides is 1. The summed E-state index contributed by atoms with van der Waals surface area (Å²) in [4.78, 5) is 11.0. The van der Waals surface area contributed by atoms with Gasteiger partial charge in [-0.3, -0.25) is 4.79 Å². The number of quaternary nitrogens is 1. The molecule has 1 saturated heterocycles. The van der Waals surface area contributed by atoms with E-state index in [1.54, 1.807) is 5.32 Å². The van der Waals surface area contributed by atoms with Gasteiger partial charge in [-0.2, -0.15) is 0 Å². The minimum atomic E-state index is -1.52. The number of nitrogens with one attached hydrogen (secondary N) is 1. The smallest absolute Gasteiger partial charge is 0.262 e. The number of hydrogen-bond donors (Lipinski definition) is 2. The van der Waals surface area contributed by atoms with Crippen molar-refractivity contribution in [3.05, 3.63) is 0 Å². The Labute approximate surface area is 110 Å². The molecule has 2 atom stereocenters. The van der Waals surface area contributed by atoms with Gasteiger partial charge in [-0.1, -0.05) is 34.8 Å². The molecule has 0 radical (unpaired) electrons. The van der Waals surface area contributed by atoms with Crippen molar-refractivity contribution in [2.24, 2.45) is 0 Å². The maximum Gasteiger partial charge on any atom is 0.262 e. The highest BCUT2D eigenvalue weighted by Gasteiger charge is 2.37. The molecule has 0 aromatic carbocycles. The van der Waals surface area contributed by atoms with Crippen molar-refractivity contribution < 1.29 is 14.8 Å². The van der Waals surface area contributed by atoms with E-state index < -0.39 is 9.96 Å². The Bertz CT molecular complexity index is 239. The van der Waals surface area contributed by atoms with Crippen LogP contribution in [0.4, 0.5) is 0 Å². The van der Waals surface area contributed by atoms with Gasteiger partial charge in [0.25, 0.3) is 3.79 Å². The quantitative estimate of drug-likeness (QED) is 0.587. The van der Waals surface area contributed by atoms with Crippen LogP contribution in [0, 0.1) is 0 Å². The zero-order valence-corrected chi connectivity index (χ0v) is 11.3. The molecule has 94 valence electrons. The van der Waals surface area contributed by atoms with Gasteiger partial charge in [0.2, 0.25) is 12.1 Å². The molecule has 1 rings (SSSR count). The van der Waals surface area contributed by atoms with E-state index in [9.17, 15) is 4.79 Å². The zero-order valence-electron chi connectivity index (χ0n) is 9.01. The lowest BCUT2D eigenvalue weighted by atomic mass is 10.2. The third kappa shape index (κ3) is 5.06. The van der Waals surface area contributed by atoms with Gasteiger partial charge >= 0.3 is 0 Å². The largest absolute Gasteiger partial charge is 0.372 e. The maximum absolute atomic E-state index is 11.0. The molecule has 0 unspecified atom stereocenters. The molecule has 1 amide bonds. The number of ether oxygens (including phenoxy) is 1. The van der Waals surface area contributed by atoms with Crippen LogP contribution in [0.5, 0.6) is 0 Å². The number of carbonyl (C=O) groups is 1. The van der Waals surface area contributed by atoms with E-state index in [-0.39, 0.29) is 12.0 Å². The minimum absolute atomic E-state index is 0.184. The van der Waals surface area contributed by atoms with Gasteiger partial charge < -0.3 is 15.4 Å². The van der Waals surface area contributed by atoms with Crippen LogP contribution in [0.25, 0.3) is 0 Å². The van der Waals surface area contributed by atoms with Crippen LogP contribution >= 0.6 is 34.8 Å². The summed E-state index contributed by atoms with van der Waals surface area (Å²) in [5.74, 6) is -0.222. The first-order valence-corrected chi connectivity index (χ1v) is 6.31. The van der Waals surface area contributed by atoms with E-state index in [2.05, 4.69) is 5.32 Å². The summed E-state index contributed by atoms with van der Waals surface area (Å²) in [6.07, 6.45) is 1.68. The molecule has 0 saturated carbocycles. The Balaban J connectivity index is 2.40. The van der Waals surface area contributed by atoms with Crippen LogP contribution in [-0.4, -0.2) is 35.1 Å². The number of carbonyl (C=O) groups excluding carboxylic acids is 1. The van der Waals surface area contributed by atoms with Crippen molar-refractivity contribution in [2.75, 3.05) is 13.2 Å². The van der Waals surface area contributed by atoms with Gasteiger partial charge in [-0.15, -0.1) is 0 Å². The summed E-state index contributed by atoms with van der Waals surface area (Å²) in [5, 5.41) is 4.39.